The van der Waals surface area contributed by atoms with Gasteiger partial charge in [0, 0.05) is 5.56 Å². The first-order chi connectivity index (χ1) is 8.93. The van der Waals surface area contributed by atoms with Gasteiger partial charge in [-0.05, 0) is 34.6 Å². The normalized spacial score (nSPS) is 11.6. The zero-order valence-corrected chi connectivity index (χ0v) is 12.2. The van der Waals surface area contributed by atoms with E-state index >= 15 is 0 Å². The number of phenols is 1. The predicted octanol–water partition coefficient (Wildman–Crippen LogP) is 4.92. The van der Waals surface area contributed by atoms with Gasteiger partial charge in [0.15, 0.2) is 0 Å². The van der Waals surface area contributed by atoms with E-state index in [9.17, 15) is 5.11 Å². The Morgan fingerprint density at radius 2 is 1.63 bits per heavy atom. The average molecular weight is 254 g/mol. The number of para-hydroxylation sites is 1. The fourth-order valence-corrected chi connectivity index (χ4v) is 2.37. The number of hydrogen-bond acceptors (Lipinski definition) is 1. The highest BCUT2D eigenvalue weighted by atomic mass is 16.3. The third kappa shape index (κ3) is 2.81. The SMILES string of the molecule is CCc1ccc(-c2ccccc2O)c(C(C)(C)C)c1. The van der Waals surface area contributed by atoms with E-state index in [1.807, 2.05) is 18.2 Å². The van der Waals surface area contributed by atoms with Crippen molar-refractivity contribution in [1.82, 2.24) is 0 Å². The molecule has 2 aromatic rings. The van der Waals surface area contributed by atoms with Gasteiger partial charge in [-0.3, -0.25) is 0 Å². The number of aryl methyl sites for hydroxylation is 1. The Morgan fingerprint density at radius 3 is 2.21 bits per heavy atom. The van der Waals surface area contributed by atoms with Gasteiger partial charge in [-0.25, -0.2) is 0 Å². The van der Waals surface area contributed by atoms with Crippen LogP contribution >= 0.6 is 0 Å². The quantitative estimate of drug-likeness (QED) is 0.806. The van der Waals surface area contributed by atoms with Crippen LogP contribution < -0.4 is 0 Å². The molecule has 1 nitrogen and oxygen atoms in total. The smallest absolute Gasteiger partial charge is 0.123 e. The third-order valence-corrected chi connectivity index (χ3v) is 3.49. The van der Waals surface area contributed by atoms with Gasteiger partial charge >= 0.3 is 0 Å². The molecule has 0 aliphatic rings. The summed E-state index contributed by atoms with van der Waals surface area (Å²) < 4.78 is 0. The van der Waals surface area contributed by atoms with Gasteiger partial charge < -0.3 is 5.11 Å². The zero-order valence-electron chi connectivity index (χ0n) is 12.2. The molecule has 0 heterocycles. The van der Waals surface area contributed by atoms with Crippen LogP contribution in [0.5, 0.6) is 5.75 Å². The third-order valence-electron chi connectivity index (χ3n) is 3.49. The molecule has 0 spiro atoms. The van der Waals surface area contributed by atoms with Crippen LogP contribution in [0.2, 0.25) is 0 Å². The average Bonchev–Trinajstić information content (AvgIpc) is 2.38. The van der Waals surface area contributed by atoms with E-state index in [4.69, 9.17) is 0 Å². The van der Waals surface area contributed by atoms with Crippen LogP contribution in [-0.2, 0) is 11.8 Å². The first kappa shape index (κ1) is 13.7. The maximum atomic E-state index is 10.1. The van der Waals surface area contributed by atoms with Gasteiger partial charge in [0.2, 0.25) is 0 Å². The van der Waals surface area contributed by atoms with Crippen LogP contribution in [0.15, 0.2) is 42.5 Å². The monoisotopic (exact) mass is 254 g/mol. The van der Waals surface area contributed by atoms with Crippen LogP contribution in [0.1, 0.15) is 38.8 Å². The van der Waals surface area contributed by atoms with Gasteiger partial charge in [-0.2, -0.15) is 0 Å². The van der Waals surface area contributed by atoms with E-state index in [0.29, 0.717) is 5.75 Å². The minimum atomic E-state index is 0.0583. The zero-order chi connectivity index (χ0) is 14.0. The van der Waals surface area contributed by atoms with Crippen LogP contribution in [0.4, 0.5) is 0 Å². The summed E-state index contributed by atoms with van der Waals surface area (Å²) in [5.74, 6) is 0.345. The van der Waals surface area contributed by atoms with Gasteiger partial charge in [-0.1, -0.05) is 64.1 Å². The lowest BCUT2D eigenvalue weighted by Crippen LogP contribution is -2.13. The Balaban J connectivity index is 2.67. The largest absolute Gasteiger partial charge is 0.507 e. The second-order valence-electron chi connectivity index (χ2n) is 6.00. The number of benzene rings is 2. The Morgan fingerprint density at radius 1 is 0.947 bits per heavy atom. The second-order valence-corrected chi connectivity index (χ2v) is 6.00. The predicted molar refractivity (Wildman–Crippen MR) is 81.6 cm³/mol. The Kier molecular flexibility index (Phi) is 3.66. The summed E-state index contributed by atoms with van der Waals surface area (Å²) in [6.45, 7) is 8.81. The van der Waals surface area contributed by atoms with E-state index in [0.717, 1.165) is 17.5 Å². The highest BCUT2D eigenvalue weighted by Gasteiger charge is 2.20. The molecule has 0 aliphatic heterocycles. The molecule has 0 amide bonds. The first-order valence-corrected chi connectivity index (χ1v) is 6.85. The minimum Gasteiger partial charge on any atom is -0.507 e. The van der Waals surface area contributed by atoms with Gasteiger partial charge in [-0.15, -0.1) is 0 Å². The Hall–Kier alpha value is -1.76. The van der Waals surface area contributed by atoms with E-state index < -0.39 is 0 Å². The lowest BCUT2D eigenvalue weighted by Gasteiger charge is -2.24. The van der Waals surface area contributed by atoms with Crippen molar-refractivity contribution in [2.75, 3.05) is 0 Å². The van der Waals surface area contributed by atoms with Crippen molar-refractivity contribution < 1.29 is 5.11 Å². The lowest BCUT2D eigenvalue weighted by molar-refractivity contribution is 0.477. The molecule has 0 saturated heterocycles. The van der Waals surface area contributed by atoms with Crippen LogP contribution in [0.3, 0.4) is 0 Å². The Bertz CT molecular complexity index is 576. The number of hydrogen-bond donors (Lipinski definition) is 1. The molecule has 0 aliphatic carbocycles. The molecule has 0 unspecified atom stereocenters. The van der Waals surface area contributed by atoms with Crippen molar-refractivity contribution in [3.05, 3.63) is 53.6 Å². The van der Waals surface area contributed by atoms with Crippen molar-refractivity contribution in [1.29, 1.82) is 0 Å². The van der Waals surface area contributed by atoms with Crippen molar-refractivity contribution in [2.24, 2.45) is 0 Å². The summed E-state index contributed by atoms with van der Waals surface area (Å²) in [6.07, 6.45) is 1.03. The molecule has 19 heavy (non-hydrogen) atoms. The summed E-state index contributed by atoms with van der Waals surface area (Å²) in [7, 11) is 0. The maximum absolute atomic E-state index is 10.1. The molecule has 0 radical (unpaired) electrons. The highest BCUT2D eigenvalue weighted by molar-refractivity contribution is 5.74. The van der Waals surface area contributed by atoms with Crippen molar-refractivity contribution in [2.45, 2.75) is 39.5 Å². The fourth-order valence-electron chi connectivity index (χ4n) is 2.37. The number of rotatable bonds is 2. The molecule has 2 aromatic carbocycles. The number of aromatic hydroxyl groups is 1. The summed E-state index contributed by atoms with van der Waals surface area (Å²) in [5.41, 5.74) is 4.72. The molecule has 0 fully saturated rings. The van der Waals surface area contributed by atoms with Crippen LogP contribution in [0.25, 0.3) is 11.1 Å². The van der Waals surface area contributed by atoms with Gasteiger partial charge in [0.1, 0.15) is 5.75 Å². The first-order valence-electron chi connectivity index (χ1n) is 6.85. The van der Waals surface area contributed by atoms with E-state index in [1.165, 1.54) is 11.1 Å². The van der Waals surface area contributed by atoms with E-state index in [2.05, 4.69) is 45.9 Å². The van der Waals surface area contributed by atoms with Crippen molar-refractivity contribution in [3.63, 3.8) is 0 Å². The Labute approximate surface area is 115 Å². The fraction of sp³-hybridized carbons (Fsp3) is 0.333. The van der Waals surface area contributed by atoms with E-state index in [1.54, 1.807) is 6.07 Å². The summed E-state index contributed by atoms with van der Waals surface area (Å²) in [6, 6.07) is 14.1. The van der Waals surface area contributed by atoms with Gasteiger partial charge in [0.05, 0.1) is 0 Å². The summed E-state index contributed by atoms with van der Waals surface area (Å²) in [4.78, 5) is 0. The molecule has 2 rings (SSSR count). The molecular formula is C18H22O. The maximum Gasteiger partial charge on any atom is 0.123 e. The van der Waals surface area contributed by atoms with Crippen molar-refractivity contribution >= 4 is 0 Å². The topological polar surface area (TPSA) is 20.2 Å². The highest BCUT2D eigenvalue weighted by Crippen LogP contribution is 2.37. The summed E-state index contributed by atoms with van der Waals surface area (Å²) >= 11 is 0. The molecule has 0 atom stereocenters. The second kappa shape index (κ2) is 5.08. The minimum absolute atomic E-state index is 0.0583. The van der Waals surface area contributed by atoms with E-state index in [-0.39, 0.29) is 5.41 Å². The standard InChI is InChI=1S/C18H22O/c1-5-13-10-11-14(16(12-13)18(2,3)4)15-8-6-7-9-17(15)19/h6-12,19H,5H2,1-4H3. The van der Waals surface area contributed by atoms with Crippen LogP contribution in [0, 0.1) is 0 Å². The molecular weight excluding hydrogens is 232 g/mol. The van der Waals surface area contributed by atoms with Crippen LogP contribution in [-0.4, -0.2) is 5.11 Å². The molecule has 0 bridgehead atoms. The lowest BCUT2D eigenvalue weighted by atomic mass is 9.80. The molecule has 1 heteroatoms. The molecule has 100 valence electrons. The van der Waals surface area contributed by atoms with Crippen molar-refractivity contribution in [3.8, 4) is 16.9 Å². The molecule has 0 saturated carbocycles. The van der Waals surface area contributed by atoms with Gasteiger partial charge in [0.25, 0.3) is 0 Å². The molecule has 0 aromatic heterocycles. The summed E-state index contributed by atoms with van der Waals surface area (Å²) in [5, 5.41) is 10.1. The molecule has 1 N–H and O–H groups in total. The number of phenolic OH excluding ortho intramolecular Hbond substituents is 1.